The Morgan fingerprint density at radius 2 is 1.68 bits per heavy atom. The van der Waals surface area contributed by atoms with E-state index in [0.717, 1.165) is 0 Å². The molecule has 2 rings (SSSR count). The van der Waals surface area contributed by atoms with Crippen molar-refractivity contribution in [1.29, 1.82) is 0 Å². The topological polar surface area (TPSA) is 58.6 Å². The van der Waals surface area contributed by atoms with E-state index in [1.807, 2.05) is 0 Å². The van der Waals surface area contributed by atoms with Gasteiger partial charge < -0.3 is 15.0 Å². The van der Waals surface area contributed by atoms with Crippen LogP contribution in [-0.4, -0.2) is 37.4 Å². The molecule has 2 aromatic carbocycles. The third-order valence-electron chi connectivity index (χ3n) is 3.27. The van der Waals surface area contributed by atoms with Crippen LogP contribution in [0.1, 0.15) is 10.4 Å². The van der Waals surface area contributed by atoms with Crippen LogP contribution in [0.5, 0.6) is 5.75 Å². The van der Waals surface area contributed by atoms with Crippen molar-refractivity contribution in [2.45, 2.75) is 0 Å². The van der Waals surface area contributed by atoms with Crippen LogP contribution >= 0.6 is 34.8 Å². The standard InChI is InChI=1S/C17H15Cl3N2O3/c1-22(17(24)10-5-12(19)7-13(20)6-10)9-16(23)21-14-8-11(18)3-4-15(14)25-2/h3-8H,9H2,1-2H3,(H,21,23). The number of hydrogen-bond donors (Lipinski definition) is 1. The van der Waals surface area contributed by atoms with Crippen molar-refractivity contribution < 1.29 is 14.3 Å². The first-order chi connectivity index (χ1) is 11.8. The largest absolute Gasteiger partial charge is 0.495 e. The highest BCUT2D eigenvalue weighted by Gasteiger charge is 2.17. The summed E-state index contributed by atoms with van der Waals surface area (Å²) in [5.74, 6) is -0.310. The van der Waals surface area contributed by atoms with E-state index in [1.54, 1.807) is 18.2 Å². The monoisotopic (exact) mass is 400 g/mol. The average molecular weight is 402 g/mol. The minimum Gasteiger partial charge on any atom is -0.495 e. The number of carbonyl (C=O) groups excluding carboxylic acids is 2. The summed E-state index contributed by atoms with van der Waals surface area (Å²) in [6, 6.07) is 9.36. The lowest BCUT2D eigenvalue weighted by molar-refractivity contribution is -0.116. The molecule has 0 aromatic heterocycles. The molecular formula is C17H15Cl3N2O3. The first-order valence-electron chi connectivity index (χ1n) is 7.15. The van der Waals surface area contributed by atoms with Gasteiger partial charge >= 0.3 is 0 Å². The molecule has 1 N–H and O–H groups in total. The number of halogens is 3. The summed E-state index contributed by atoms with van der Waals surface area (Å²) in [5, 5.41) is 3.81. The van der Waals surface area contributed by atoms with Crippen LogP contribution in [-0.2, 0) is 4.79 Å². The molecule has 5 nitrogen and oxygen atoms in total. The molecule has 2 aromatic rings. The van der Waals surface area contributed by atoms with Crippen LogP contribution in [0.3, 0.4) is 0 Å². The average Bonchev–Trinajstić information content (AvgIpc) is 2.53. The van der Waals surface area contributed by atoms with E-state index in [0.29, 0.717) is 32.1 Å². The Hall–Kier alpha value is -1.95. The van der Waals surface area contributed by atoms with Crippen molar-refractivity contribution in [3.8, 4) is 5.75 Å². The Bertz CT molecular complexity index is 791. The molecule has 0 aliphatic rings. The van der Waals surface area contributed by atoms with E-state index in [2.05, 4.69) is 5.32 Å². The van der Waals surface area contributed by atoms with Gasteiger partial charge in [0.25, 0.3) is 5.91 Å². The maximum absolute atomic E-state index is 12.4. The summed E-state index contributed by atoms with van der Waals surface area (Å²) >= 11 is 17.7. The molecule has 0 heterocycles. The minimum atomic E-state index is -0.399. The predicted octanol–water partition coefficient (Wildman–Crippen LogP) is 4.37. The first kappa shape index (κ1) is 19.4. The van der Waals surface area contributed by atoms with Crippen molar-refractivity contribution >= 4 is 52.3 Å². The van der Waals surface area contributed by atoms with Crippen LogP contribution in [0.25, 0.3) is 0 Å². The molecule has 0 spiro atoms. The molecule has 0 aliphatic heterocycles. The molecule has 132 valence electrons. The first-order valence-corrected chi connectivity index (χ1v) is 8.28. The zero-order valence-corrected chi connectivity index (χ0v) is 15.7. The number of nitrogens with zero attached hydrogens (tertiary/aromatic N) is 1. The van der Waals surface area contributed by atoms with Crippen molar-refractivity contribution in [3.63, 3.8) is 0 Å². The Balaban J connectivity index is 2.07. The minimum absolute atomic E-state index is 0.168. The van der Waals surface area contributed by atoms with Gasteiger partial charge in [-0.3, -0.25) is 9.59 Å². The number of likely N-dealkylation sites (N-methyl/N-ethyl adjacent to an activating group) is 1. The predicted molar refractivity (Wildman–Crippen MR) is 100 cm³/mol. The normalized spacial score (nSPS) is 10.3. The molecule has 0 atom stereocenters. The molecule has 0 radical (unpaired) electrons. The van der Waals surface area contributed by atoms with E-state index in [9.17, 15) is 9.59 Å². The summed E-state index contributed by atoms with van der Waals surface area (Å²) in [6.07, 6.45) is 0. The van der Waals surface area contributed by atoms with Gasteiger partial charge in [0.05, 0.1) is 19.3 Å². The molecule has 0 aliphatic carbocycles. The molecule has 0 saturated carbocycles. The van der Waals surface area contributed by atoms with Gasteiger partial charge in [0, 0.05) is 27.7 Å². The van der Waals surface area contributed by atoms with Crippen molar-refractivity contribution in [3.05, 3.63) is 57.0 Å². The molecule has 0 unspecified atom stereocenters. The Morgan fingerprint density at radius 3 is 2.28 bits per heavy atom. The van der Waals surface area contributed by atoms with E-state index in [1.165, 1.54) is 37.3 Å². The fourth-order valence-corrected chi connectivity index (χ4v) is 2.85. The number of amides is 2. The number of anilines is 1. The smallest absolute Gasteiger partial charge is 0.254 e. The zero-order chi connectivity index (χ0) is 18.6. The van der Waals surface area contributed by atoms with Crippen LogP contribution in [0.15, 0.2) is 36.4 Å². The second kappa shape index (κ2) is 8.43. The molecular weight excluding hydrogens is 387 g/mol. The number of nitrogens with one attached hydrogen (secondary N) is 1. The summed E-state index contributed by atoms with van der Waals surface area (Å²) < 4.78 is 5.17. The van der Waals surface area contributed by atoms with Gasteiger partial charge in [-0.15, -0.1) is 0 Å². The highest BCUT2D eigenvalue weighted by atomic mass is 35.5. The number of rotatable bonds is 5. The molecule has 2 amide bonds. The van der Waals surface area contributed by atoms with Crippen molar-refractivity contribution in [2.24, 2.45) is 0 Å². The van der Waals surface area contributed by atoms with Crippen molar-refractivity contribution in [1.82, 2.24) is 4.90 Å². The van der Waals surface area contributed by atoms with E-state index < -0.39 is 5.91 Å². The Kier molecular flexibility index (Phi) is 6.53. The Morgan fingerprint density at radius 1 is 1.04 bits per heavy atom. The highest BCUT2D eigenvalue weighted by Crippen LogP contribution is 2.27. The third kappa shape index (κ3) is 5.26. The lowest BCUT2D eigenvalue weighted by atomic mass is 10.2. The van der Waals surface area contributed by atoms with Gasteiger partial charge in [0.15, 0.2) is 0 Å². The van der Waals surface area contributed by atoms with Crippen molar-refractivity contribution in [2.75, 3.05) is 26.0 Å². The van der Waals surface area contributed by atoms with Gasteiger partial charge in [-0.05, 0) is 36.4 Å². The summed E-state index contributed by atoms with van der Waals surface area (Å²) in [4.78, 5) is 25.9. The van der Waals surface area contributed by atoms with Gasteiger partial charge in [-0.2, -0.15) is 0 Å². The second-order valence-corrected chi connectivity index (χ2v) is 6.52. The highest BCUT2D eigenvalue weighted by molar-refractivity contribution is 6.35. The SMILES string of the molecule is COc1ccc(Cl)cc1NC(=O)CN(C)C(=O)c1cc(Cl)cc(Cl)c1. The molecule has 25 heavy (non-hydrogen) atoms. The van der Waals surface area contributed by atoms with E-state index in [-0.39, 0.29) is 12.5 Å². The van der Waals surface area contributed by atoms with E-state index >= 15 is 0 Å². The van der Waals surface area contributed by atoms with E-state index in [4.69, 9.17) is 39.5 Å². The quantitative estimate of drug-likeness (QED) is 0.809. The lowest BCUT2D eigenvalue weighted by Crippen LogP contribution is -2.35. The van der Waals surface area contributed by atoms with Gasteiger partial charge in [0.2, 0.25) is 5.91 Å². The maximum Gasteiger partial charge on any atom is 0.254 e. The fraction of sp³-hybridized carbons (Fsp3) is 0.176. The van der Waals surface area contributed by atoms with Crippen LogP contribution < -0.4 is 10.1 Å². The summed E-state index contributed by atoms with van der Waals surface area (Å²) in [7, 11) is 2.99. The number of methoxy groups -OCH3 is 1. The van der Waals surface area contributed by atoms with Gasteiger partial charge in [0.1, 0.15) is 5.75 Å². The fourth-order valence-electron chi connectivity index (χ4n) is 2.15. The second-order valence-electron chi connectivity index (χ2n) is 5.21. The van der Waals surface area contributed by atoms with Gasteiger partial charge in [-0.25, -0.2) is 0 Å². The van der Waals surface area contributed by atoms with Gasteiger partial charge in [-0.1, -0.05) is 34.8 Å². The molecule has 0 bridgehead atoms. The summed E-state index contributed by atoms with van der Waals surface area (Å²) in [5.41, 5.74) is 0.722. The number of benzene rings is 2. The molecule has 8 heteroatoms. The number of hydrogen-bond acceptors (Lipinski definition) is 3. The van der Waals surface area contributed by atoms with Crippen LogP contribution in [0, 0.1) is 0 Å². The maximum atomic E-state index is 12.4. The lowest BCUT2D eigenvalue weighted by Gasteiger charge is -2.18. The Labute approximate surface area is 160 Å². The number of ether oxygens (including phenoxy) is 1. The molecule has 0 fully saturated rings. The zero-order valence-electron chi connectivity index (χ0n) is 13.5. The number of carbonyl (C=O) groups is 2. The van der Waals surface area contributed by atoms with Crippen LogP contribution in [0.4, 0.5) is 5.69 Å². The van der Waals surface area contributed by atoms with Crippen LogP contribution in [0.2, 0.25) is 15.1 Å². The third-order valence-corrected chi connectivity index (χ3v) is 3.94. The summed E-state index contributed by atoms with van der Waals surface area (Å²) in [6.45, 7) is -0.168. The molecule has 0 saturated heterocycles.